The maximum atomic E-state index is 3.47. The molecule has 0 amide bonds. The Bertz CT molecular complexity index is 319. The van der Waals surface area contributed by atoms with Crippen LogP contribution in [0.1, 0.15) is 81.2 Å². The molecule has 19 heavy (non-hydrogen) atoms. The monoisotopic (exact) mass is 281 g/mol. The maximum Gasteiger partial charge on any atom is 0.0415 e. The van der Waals surface area contributed by atoms with Crippen LogP contribution in [0.25, 0.3) is 0 Å². The van der Waals surface area contributed by atoms with Gasteiger partial charge in [0, 0.05) is 10.9 Å². The number of aryl methyl sites for hydroxylation is 1. The van der Waals surface area contributed by atoms with Crippen molar-refractivity contribution in [3.63, 3.8) is 0 Å². The Labute approximate surface area is 123 Å². The van der Waals surface area contributed by atoms with Gasteiger partial charge in [-0.2, -0.15) is 0 Å². The smallest absolute Gasteiger partial charge is 0.0415 e. The molecule has 0 aromatic carbocycles. The van der Waals surface area contributed by atoms with Crippen LogP contribution in [0.5, 0.6) is 0 Å². The second-order valence-electron chi connectivity index (χ2n) is 5.57. The first-order valence-corrected chi connectivity index (χ1v) is 8.88. The van der Waals surface area contributed by atoms with E-state index in [1.165, 1.54) is 68.2 Å². The molecule has 0 aliphatic rings. The summed E-state index contributed by atoms with van der Waals surface area (Å²) >= 11 is 1.90. The van der Waals surface area contributed by atoms with E-state index in [4.69, 9.17) is 0 Å². The largest absolute Gasteiger partial charge is 0.312 e. The van der Waals surface area contributed by atoms with Crippen molar-refractivity contribution in [1.29, 1.82) is 0 Å². The van der Waals surface area contributed by atoms with Gasteiger partial charge in [0.1, 0.15) is 0 Å². The fraction of sp³-hybridized carbons (Fsp3) is 0.765. The van der Waals surface area contributed by atoms with Gasteiger partial charge < -0.3 is 5.32 Å². The number of rotatable bonds is 11. The molecule has 2 heteroatoms. The lowest BCUT2D eigenvalue weighted by molar-refractivity contribution is 0.498. The minimum atomic E-state index is 0.570. The maximum absolute atomic E-state index is 3.47. The molecule has 0 aliphatic carbocycles. The number of thiophene rings is 1. The average Bonchev–Trinajstić information content (AvgIpc) is 2.83. The lowest BCUT2D eigenvalue weighted by atomic mass is 10.0. The first kappa shape index (κ1) is 16.7. The van der Waals surface area contributed by atoms with Crippen LogP contribution < -0.4 is 5.32 Å². The highest BCUT2D eigenvalue weighted by molar-refractivity contribution is 7.10. The number of nitrogens with one attached hydrogen (secondary N) is 1. The third-order valence-electron chi connectivity index (χ3n) is 3.91. The zero-order valence-electron chi connectivity index (χ0n) is 13.0. The zero-order chi connectivity index (χ0) is 13.9. The topological polar surface area (TPSA) is 12.0 Å². The van der Waals surface area contributed by atoms with Gasteiger partial charge in [-0.3, -0.25) is 0 Å². The van der Waals surface area contributed by atoms with Crippen molar-refractivity contribution in [1.82, 2.24) is 5.32 Å². The van der Waals surface area contributed by atoms with Crippen LogP contribution in [-0.2, 0) is 0 Å². The summed E-state index contributed by atoms with van der Waals surface area (Å²) in [5.41, 5.74) is 1.45. The molecule has 0 saturated carbocycles. The molecule has 1 atom stereocenters. The van der Waals surface area contributed by atoms with Crippen LogP contribution in [-0.4, -0.2) is 7.05 Å². The van der Waals surface area contributed by atoms with E-state index in [1.807, 2.05) is 11.3 Å². The summed E-state index contributed by atoms with van der Waals surface area (Å²) in [7, 11) is 2.09. The Balaban J connectivity index is 2.09. The molecule has 1 heterocycles. The second-order valence-corrected chi connectivity index (χ2v) is 6.52. The lowest BCUT2D eigenvalue weighted by Gasteiger charge is -2.15. The molecule has 1 nitrogen and oxygen atoms in total. The average molecular weight is 282 g/mol. The van der Waals surface area contributed by atoms with Crippen molar-refractivity contribution in [3.8, 4) is 0 Å². The van der Waals surface area contributed by atoms with E-state index in [9.17, 15) is 0 Å². The molecular formula is C17H31NS. The van der Waals surface area contributed by atoms with E-state index >= 15 is 0 Å². The van der Waals surface area contributed by atoms with E-state index in [0.29, 0.717) is 6.04 Å². The lowest BCUT2D eigenvalue weighted by Crippen LogP contribution is -2.15. The number of unbranched alkanes of at least 4 members (excludes halogenated alkanes) is 7. The first-order chi connectivity index (χ1) is 9.29. The molecule has 0 spiro atoms. The summed E-state index contributed by atoms with van der Waals surface area (Å²) in [6.45, 7) is 4.51. The Morgan fingerprint density at radius 3 is 2.21 bits per heavy atom. The van der Waals surface area contributed by atoms with Gasteiger partial charge in [0.15, 0.2) is 0 Å². The third kappa shape index (κ3) is 6.58. The molecular weight excluding hydrogens is 250 g/mol. The van der Waals surface area contributed by atoms with Crippen LogP contribution >= 0.6 is 11.3 Å². The van der Waals surface area contributed by atoms with E-state index in [1.54, 1.807) is 0 Å². The molecule has 0 radical (unpaired) electrons. The molecule has 0 bridgehead atoms. The fourth-order valence-corrected chi connectivity index (χ4v) is 3.70. The molecule has 1 aromatic rings. The summed E-state index contributed by atoms with van der Waals surface area (Å²) in [6, 6.07) is 2.80. The minimum Gasteiger partial charge on any atom is -0.312 e. The highest BCUT2D eigenvalue weighted by Gasteiger charge is 2.12. The van der Waals surface area contributed by atoms with Crippen molar-refractivity contribution >= 4 is 11.3 Å². The SMILES string of the molecule is CCCCCCCCCCC(NC)c1sccc1C. The van der Waals surface area contributed by atoms with Crippen LogP contribution in [0.3, 0.4) is 0 Å². The normalized spacial score (nSPS) is 12.8. The molecule has 1 unspecified atom stereocenters. The standard InChI is InChI=1S/C17H31NS/c1-4-5-6-7-8-9-10-11-12-16(18-3)17-15(2)13-14-19-17/h13-14,16,18H,4-12H2,1-3H3. The summed E-state index contributed by atoms with van der Waals surface area (Å²) in [5, 5.41) is 5.69. The van der Waals surface area contributed by atoms with Crippen molar-refractivity contribution < 1.29 is 0 Å². The van der Waals surface area contributed by atoms with E-state index in [2.05, 4.69) is 37.7 Å². The molecule has 1 aromatic heterocycles. The highest BCUT2D eigenvalue weighted by Crippen LogP contribution is 2.27. The van der Waals surface area contributed by atoms with Crippen molar-refractivity contribution in [2.45, 2.75) is 77.7 Å². The van der Waals surface area contributed by atoms with Crippen molar-refractivity contribution in [3.05, 3.63) is 21.9 Å². The predicted octanol–water partition coefficient (Wildman–Crippen LogP) is 5.85. The Kier molecular flexibility index (Phi) is 9.19. The Hall–Kier alpha value is -0.340. The highest BCUT2D eigenvalue weighted by atomic mass is 32.1. The molecule has 1 rings (SSSR count). The Morgan fingerprint density at radius 2 is 1.68 bits per heavy atom. The fourth-order valence-electron chi connectivity index (χ4n) is 2.63. The van der Waals surface area contributed by atoms with Crippen LogP contribution in [0.4, 0.5) is 0 Å². The minimum absolute atomic E-state index is 0.570. The van der Waals surface area contributed by atoms with Crippen LogP contribution in [0.2, 0.25) is 0 Å². The summed E-state index contributed by atoms with van der Waals surface area (Å²) in [5.74, 6) is 0. The van der Waals surface area contributed by atoms with Gasteiger partial charge in [-0.25, -0.2) is 0 Å². The second kappa shape index (κ2) is 10.4. The molecule has 0 aliphatic heterocycles. The zero-order valence-corrected chi connectivity index (χ0v) is 13.8. The quantitative estimate of drug-likeness (QED) is 0.502. The van der Waals surface area contributed by atoms with Crippen molar-refractivity contribution in [2.75, 3.05) is 7.05 Å². The summed E-state index contributed by atoms with van der Waals surface area (Å²) < 4.78 is 0. The van der Waals surface area contributed by atoms with Gasteiger partial charge in [-0.05, 0) is 37.4 Å². The van der Waals surface area contributed by atoms with Gasteiger partial charge >= 0.3 is 0 Å². The molecule has 1 N–H and O–H groups in total. The molecule has 110 valence electrons. The van der Waals surface area contributed by atoms with E-state index in [-0.39, 0.29) is 0 Å². The summed E-state index contributed by atoms with van der Waals surface area (Å²) in [4.78, 5) is 1.53. The molecule has 0 fully saturated rings. The van der Waals surface area contributed by atoms with Gasteiger partial charge in [-0.15, -0.1) is 11.3 Å². The van der Waals surface area contributed by atoms with Crippen LogP contribution in [0, 0.1) is 6.92 Å². The molecule has 0 saturated heterocycles. The van der Waals surface area contributed by atoms with E-state index in [0.717, 1.165) is 0 Å². The third-order valence-corrected chi connectivity index (χ3v) is 5.05. The number of hydrogen-bond acceptors (Lipinski definition) is 2. The van der Waals surface area contributed by atoms with Crippen LogP contribution in [0.15, 0.2) is 11.4 Å². The van der Waals surface area contributed by atoms with Crippen molar-refractivity contribution in [2.24, 2.45) is 0 Å². The van der Waals surface area contributed by atoms with Gasteiger partial charge in [-0.1, -0.05) is 58.3 Å². The van der Waals surface area contributed by atoms with Gasteiger partial charge in [0.05, 0.1) is 0 Å². The number of hydrogen-bond donors (Lipinski definition) is 1. The van der Waals surface area contributed by atoms with E-state index < -0.39 is 0 Å². The summed E-state index contributed by atoms with van der Waals surface area (Å²) in [6.07, 6.45) is 12.5. The Morgan fingerprint density at radius 1 is 1.05 bits per heavy atom. The first-order valence-electron chi connectivity index (χ1n) is 8.00. The predicted molar refractivity (Wildman–Crippen MR) is 88.1 cm³/mol. The van der Waals surface area contributed by atoms with Gasteiger partial charge in [0.25, 0.3) is 0 Å². The van der Waals surface area contributed by atoms with Gasteiger partial charge in [0.2, 0.25) is 0 Å².